The zero-order valence-electron chi connectivity index (χ0n) is 15.6. The number of imide groups is 1. The van der Waals surface area contributed by atoms with Crippen molar-refractivity contribution in [2.24, 2.45) is 11.8 Å². The van der Waals surface area contributed by atoms with Gasteiger partial charge in [0.25, 0.3) is 0 Å². The van der Waals surface area contributed by atoms with E-state index >= 15 is 0 Å². The van der Waals surface area contributed by atoms with Crippen LogP contribution in [0.4, 0.5) is 4.79 Å². The van der Waals surface area contributed by atoms with Gasteiger partial charge in [-0.3, -0.25) is 4.79 Å². The first kappa shape index (κ1) is 19.8. The zero-order valence-corrected chi connectivity index (χ0v) is 15.6. The Balaban J connectivity index is 2.26. The molecule has 0 unspecified atom stereocenters. The minimum Gasteiger partial charge on any atom is -0.468 e. The Bertz CT molecular complexity index is 705. The lowest BCUT2D eigenvalue weighted by molar-refractivity contribution is -0.132. The van der Waals surface area contributed by atoms with E-state index in [-0.39, 0.29) is 37.2 Å². The first-order valence-electron chi connectivity index (χ1n) is 8.66. The third-order valence-corrected chi connectivity index (χ3v) is 4.44. The van der Waals surface area contributed by atoms with Gasteiger partial charge < -0.3 is 13.9 Å². The standard InChI is InChI=1S/C19H25NO6/c1-6-24-18(22)13-7-8-25-16(13)9-14(11(2)3)17(21)20-15(12(4)5)10-26-19(20)23/h7-8,12,14-15H,2,6,9-10H2,1,3-5H3/t14-,15-/m1/s1. The number of furan rings is 1. The highest BCUT2D eigenvalue weighted by atomic mass is 16.6. The molecule has 2 rings (SSSR count). The van der Waals surface area contributed by atoms with Crippen LogP contribution in [-0.2, 0) is 20.7 Å². The number of ether oxygens (including phenoxy) is 2. The van der Waals surface area contributed by atoms with E-state index in [2.05, 4.69) is 6.58 Å². The SMILES string of the molecule is C=C(C)[C@@H](Cc1occc1C(=O)OCC)C(=O)N1C(=O)OC[C@@H]1C(C)C. The van der Waals surface area contributed by atoms with Crippen LogP contribution in [0.25, 0.3) is 0 Å². The molecule has 2 heterocycles. The Labute approximate surface area is 152 Å². The molecule has 1 aromatic heterocycles. The number of carbonyl (C=O) groups excluding carboxylic acids is 3. The highest BCUT2D eigenvalue weighted by Crippen LogP contribution is 2.27. The number of amides is 2. The highest BCUT2D eigenvalue weighted by molar-refractivity contribution is 5.96. The van der Waals surface area contributed by atoms with Gasteiger partial charge in [-0.15, -0.1) is 0 Å². The van der Waals surface area contributed by atoms with E-state index in [4.69, 9.17) is 13.9 Å². The molecule has 1 saturated heterocycles. The molecule has 0 bridgehead atoms. The molecule has 2 amide bonds. The maximum Gasteiger partial charge on any atom is 0.417 e. The third-order valence-electron chi connectivity index (χ3n) is 4.44. The highest BCUT2D eigenvalue weighted by Gasteiger charge is 2.42. The fourth-order valence-corrected chi connectivity index (χ4v) is 2.90. The normalized spacial score (nSPS) is 18.0. The average Bonchev–Trinajstić information content (AvgIpc) is 3.18. The number of rotatable bonds is 7. The van der Waals surface area contributed by atoms with Crippen molar-refractivity contribution in [3.8, 4) is 0 Å². The van der Waals surface area contributed by atoms with Crippen LogP contribution in [0.3, 0.4) is 0 Å². The molecule has 1 aliphatic heterocycles. The second kappa shape index (κ2) is 8.21. The molecular formula is C19H25NO6. The van der Waals surface area contributed by atoms with Crippen LogP contribution in [-0.4, -0.2) is 42.1 Å². The fraction of sp³-hybridized carbons (Fsp3) is 0.526. The van der Waals surface area contributed by atoms with Crippen molar-refractivity contribution in [1.82, 2.24) is 4.90 Å². The predicted octanol–water partition coefficient (Wildman–Crippen LogP) is 3.19. The molecule has 0 N–H and O–H groups in total. The molecule has 1 fully saturated rings. The molecule has 0 aliphatic carbocycles. The number of hydrogen-bond donors (Lipinski definition) is 0. The molecule has 1 aliphatic rings. The number of esters is 1. The van der Waals surface area contributed by atoms with E-state index in [1.54, 1.807) is 13.8 Å². The van der Waals surface area contributed by atoms with Gasteiger partial charge in [-0.25, -0.2) is 14.5 Å². The molecule has 7 heteroatoms. The summed E-state index contributed by atoms with van der Waals surface area (Å²) in [6, 6.07) is 1.19. The Hall–Kier alpha value is -2.57. The Kier molecular flexibility index (Phi) is 6.23. The van der Waals surface area contributed by atoms with Gasteiger partial charge in [0.2, 0.25) is 5.91 Å². The van der Waals surface area contributed by atoms with Crippen molar-refractivity contribution in [3.05, 3.63) is 35.8 Å². The first-order chi connectivity index (χ1) is 12.3. The largest absolute Gasteiger partial charge is 0.468 e. The van der Waals surface area contributed by atoms with Crippen LogP contribution >= 0.6 is 0 Å². The minimum absolute atomic E-state index is 0.0647. The Morgan fingerprint density at radius 2 is 2.12 bits per heavy atom. The van der Waals surface area contributed by atoms with Gasteiger partial charge in [-0.1, -0.05) is 26.0 Å². The molecule has 142 valence electrons. The molecular weight excluding hydrogens is 338 g/mol. The van der Waals surface area contributed by atoms with Gasteiger partial charge in [0, 0.05) is 6.42 Å². The Morgan fingerprint density at radius 3 is 2.69 bits per heavy atom. The summed E-state index contributed by atoms with van der Waals surface area (Å²) in [4.78, 5) is 38.3. The fourth-order valence-electron chi connectivity index (χ4n) is 2.90. The zero-order chi connectivity index (χ0) is 19.4. The summed E-state index contributed by atoms with van der Waals surface area (Å²) in [7, 11) is 0. The second-order valence-corrected chi connectivity index (χ2v) is 6.68. The smallest absolute Gasteiger partial charge is 0.417 e. The van der Waals surface area contributed by atoms with Crippen molar-refractivity contribution in [1.29, 1.82) is 0 Å². The van der Waals surface area contributed by atoms with Crippen molar-refractivity contribution < 1.29 is 28.3 Å². The molecule has 0 aromatic carbocycles. The summed E-state index contributed by atoms with van der Waals surface area (Å²) in [5.74, 6) is -1.22. The maximum atomic E-state index is 13.1. The molecule has 7 nitrogen and oxygen atoms in total. The molecule has 26 heavy (non-hydrogen) atoms. The first-order valence-corrected chi connectivity index (χ1v) is 8.66. The lowest BCUT2D eigenvalue weighted by Gasteiger charge is -2.26. The molecule has 0 spiro atoms. The van der Waals surface area contributed by atoms with Crippen LogP contribution in [0.5, 0.6) is 0 Å². The topological polar surface area (TPSA) is 86.0 Å². The van der Waals surface area contributed by atoms with Crippen molar-refractivity contribution >= 4 is 18.0 Å². The van der Waals surface area contributed by atoms with E-state index in [1.165, 1.54) is 12.3 Å². The van der Waals surface area contributed by atoms with Crippen LogP contribution in [0.1, 0.15) is 43.8 Å². The van der Waals surface area contributed by atoms with Crippen LogP contribution in [0, 0.1) is 11.8 Å². The quantitative estimate of drug-likeness (QED) is 0.546. The van der Waals surface area contributed by atoms with Gasteiger partial charge in [0.05, 0.1) is 24.8 Å². The third kappa shape index (κ3) is 3.98. The van der Waals surface area contributed by atoms with Gasteiger partial charge in [0.1, 0.15) is 17.9 Å². The summed E-state index contributed by atoms with van der Waals surface area (Å²) in [6.45, 7) is 11.6. The summed E-state index contributed by atoms with van der Waals surface area (Å²) in [6.07, 6.45) is 0.844. The van der Waals surface area contributed by atoms with Crippen molar-refractivity contribution in [2.75, 3.05) is 13.2 Å². The predicted molar refractivity (Wildman–Crippen MR) is 93.5 cm³/mol. The second-order valence-electron chi connectivity index (χ2n) is 6.68. The number of cyclic esters (lactones) is 1. The van der Waals surface area contributed by atoms with Gasteiger partial charge in [-0.05, 0) is 25.8 Å². The number of hydrogen-bond acceptors (Lipinski definition) is 6. The Morgan fingerprint density at radius 1 is 1.42 bits per heavy atom. The van der Waals surface area contributed by atoms with E-state index in [9.17, 15) is 14.4 Å². The summed E-state index contributed by atoms with van der Waals surface area (Å²) < 4.78 is 15.5. The average molecular weight is 363 g/mol. The van der Waals surface area contributed by atoms with Crippen molar-refractivity contribution in [3.63, 3.8) is 0 Å². The van der Waals surface area contributed by atoms with E-state index < -0.39 is 23.9 Å². The summed E-state index contributed by atoms with van der Waals surface area (Å²) in [5, 5.41) is 0. The van der Waals surface area contributed by atoms with Crippen molar-refractivity contribution in [2.45, 2.75) is 40.2 Å². The molecule has 1 aromatic rings. The van der Waals surface area contributed by atoms with E-state index in [0.717, 1.165) is 4.90 Å². The molecule has 0 radical (unpaired) electrons. The molecule has 2 atom stereocenters. The van der Waals surface area contributed by atoms with Gasteiger partial charge in [0.15, 0.2) is 0 Å². The summed E-state index contributed by atoms with van der Waals surface area (Å²) in [5.41, 5.74) is 0.846. The van der Waals surface area contributed by atoms with Gasteiger partial charge in [-0.2, -0.15) is 0 Å². The number of carbonyl (C=O) groups is 3. The number of nitrogens with zero attached hydrogens (tertiary/aromatic N) is 1. The monoisotopic (exact) mass is 363 g/mol. The van der Waals surface area contributed by atoms with Crippen LogP contribution in [0.2, 0.25) is 0 Å². The van der Waals surface area contributed by atoms with E-state index in [0.29, 0.717) is 11.3 Å². The lowest BCUT2D eigenvalue weighted by Crippen LogP contribution is -2.45. The van der Waals surface area contributed by atoms with E-state index in [1.807, 2.05) is 13.8 Å². The van der Waals surface area contributed by atoms with Crippen LogP contribution in [0.15, 0.2) is 28.9 Å². The minimum atomic E-state index is -0.707. The van der Waals surface area contributed by atoms with Crippen LogP contribution < -0.4 is 0 Å². The maximum absolute atomic E-state index is 13.1. The van der Waals surface area contributed by atoms with Gasteiger partial charge >= 0.3 is 12.1 Å². The molecule has 0 saturated carbocycles. The summed E-state index contributed by atoms with van der Waals surface area (Å²) >= 11 is 0. The lowest BCUT2D eigenvalue weighted by atomic mass is 9.92.